The second-order valence-electron chi connectivity index (χ2n) is 6.47. The fourth-order valence-electron chi connectivity index (χ4n) is 2.87. The first kappa shape index (κ1) is 23.6. The average Bonchev–Trinajstić information content (AvgIpc) is 2.70. The van der Waals surface area contributed by atoms with E-state index < -0.39 is 24.4 Å². The lowest BCUT2D eigenvalue weighted by Gasteiger charge is -2.29. The summed E-state index contributed by atoms with van der Waals surface area (Å²) in [6, 6.07) is 10.8. The summed E-state index contributed by atoms with van der Waals surface area (Å²) >= 11 is 9.27. The van der Waals surface area contributed by atoms with Crippen molar-refractivity contribution >= 4 is 92.1 Å². The highest BCUT2D eigenvalue weighted by Crippen LogP contribution is 2.30. The first-order chi connectivity index (χ1) is 14.7. The molecule has 2 amide bonds. The maximum atomic E-state index is 13.1. The molecule has 0 aromatic heterocycles. The van der Waals surface area contributed by atoms with E-state index in [1.54, 1.807) is 24.3 Å². The van der Waals surface area contributed by atoms with E-state index in [0.717, 1.165) is 12.0 Å². The highest BCUT2D eigenvalue weighted by molar-refractivity contribution is 14.1. The van der Waals surface area contributed by atoms with Crippen molar-refractivity contribution in [3.63, 3.8) is 0 Å². The van der Waals surface area contributed by atoms with E-state index in [4.69, 9.17) is 22.1 Å². The molecular weight excluding hydrogens is 646 g/mol. The van der Waals surface area contributed by atoms with Crippen LogP contribution in [0.1, 0.15) is 18.1 Å². The molecule has 10 heteroatoms. The molecule has 0 saturated carbocycles. The smallest absolute Gasteiger partial charge is 0.341 e. The number of halogens is 2. The molecule has 0 atom stereocenters. The lowest BCUT2D eigenvalue weighted by Crippen LogP contribution is -2.54. The Hall–Kier alpha value is -2.06. The summed E-state index contributed by atoms with van der Waals surface area (Å²) in [6.45, 7) is 1.57. The lowest BCUT2D eigenvalue weighted by atomic mass is 10.1. The number of carbonyl (C=O) groups is 3. The van der Waals surface area contributed by atoms with Gasteiger partial charge < -0.3 is 9.84 Å². The van der Waals surface area contributed by atoms with Crippen molar-refractivity contribution in [1.29, 1.82) is 0 Å². The molecule has 160 valence electrons. The number of aryl methyl sites for hydroxylation is 1. The zero-order valence-corrected chi connectivity index (χ0v) is 21.3. The predicted molar refractivity (Wildman–Crippen MR) is 137 cm³/mol. The van der Waals surface area contributed by atoms with Crippen LogP contribution in [0.3, 0.4) is 0 Å². The maximum Gasteiger partial charge on any atom is 0.341 e. The van der Waals surface area contributed by atoms with Crippen LogP contribution in [-0.2, 0) is 20.8 Å². The number of hydrogen-bond donors (Lipinski definition) is 2. The molecule has 1 aliphatic rings. The summed E-state index contributed by atoms with van der Waals surface area (Å²) in [5.41, 5.74) is 2.23. The molecule has 1 aliphatic heterocycles. The van der Waals surface area contributed by atoms with Gasteiger partial charge >= 0.3 is 5.97 Å². The maximum absolute atomic E-state index is 13.1. The van der Waals surface area contributed by atoms with Gasteiger partial charge in [0.15, 0.2) is 11.7 Å². The van der Waals surface area contributed by atoms with Gasteiger partial charge in [0, 0.05) is 0 Å². The summed E-state index contributed by atoms with van der Waals surface area (Å²) in [6.07, 6.45) is 2.35. The Kier molecular flexibility index (Phi) is 7.64. The van der Waals surface area contributed by atoms with Crippen molar-refractivity contribution in [3.05, 3.63) is 60.2 Å². The molecule has 1 fully saturated rings. The minimum atomic E-state index is -1.08. The third-order valence-corrected chi connectivity index (χ3v) is 6.26. The number of nitrogens with one attached hydrogen (secondary N) is 1. The summed E-state index contributed by atoms with van der Waals surface area (Å²) < 4.78 is 6.63. The van der Waals surface area contributed by atoms with E-state index in [1.807, 2.05) is 64.2 Å². The molecule has 0 spiro atoms. The van der Waals surface area contributed by atoms with Crippen LogP contribution in [0.5, 0.6) is 5.75 Å². The van der Waals surface area contributed by atoms with Crippen LogP contribution in [-0.4, -0.2) is 34.6 Å². The van der Waals surface area contributed by atoms with Crippen LogP contribution in [0.25, 0.3) is 6.08 Å². The summed E-state index contributed by atoms with van der Waals surface area (Å²) in [5.74, 6) is -1.74. The van der Waals surface area contributed by atoms with Gasteiger partial charge in [-0.05, 0) is 105 Å². The van der Waals surface area contributed by atoms with Gasteiger partial charge in [0.25, 0.3) is 11.8 Å². The highest BCUT2D eigenvalue weighted by atomic mass is 127. The topological polar surface area (TPSA) is 95.9 Å². The molecule has 1 heterocycles. The van der Waals surface area contributed by atoms with Crippen molar-refractivity contribution in [1.82, 2.24) is 5.32 Å². The van der Waals surface area contributed by atoms with E-state index in [2.05, 4.69) is 5.32 Å². The first-order valence-electron chi connectivity index (χ1n) is 9.05. The van der Waals surface area contributed by atoms with E-state index >= 15 is 0 Å². The average molecular weight is 662 g/mol. The van der Waals surface area contributed by atoms with Crippen molar-refractivity contribution in [2.24, 2.45) is 0 Å². The van der Waals surface area contributed by atoms with Crippen molar-refractivity contribution < 1.29 is 24.2 Å². The van der Waals surface area contributed by atoms with Crippen LogP contribution in [0, 0.1) is 7.14 Å². The number of aliphatic carboxylic acids is 1. The summed E-state index contributed by atoms with van der Waals surface area (Å²) in [4.78, 5) is 37.7. The van der Waals surface area contributed by atoms with Gasteiger partial charge in [0.2, 0.25) is 0 Å². The number of thiocarbonyl (C=S) groups is 1. The normalized spacial score (nSPS) is 15.3. The molecular formula is C21H16I2N2O5S. The molecule has 0 radical (unpaired) electrons. The molecule has 2 aromatic carbocycles. The second-order valence-corrected chi connectivity index (χ2v) is 9.19. The van der Waals surface area contributed by atoms with Gasteiger partial charge in [-0.15, -0.1) is 0 Å². The van der Waals surface area contributed by atoms with Gasteiger partial charge in [-0.1, -0.05) is 19.1 Å². The SMILES string of the molecule is CCc1ccc(N2C(=O)C(=Cc3cc(I)c(OCC(=O)O)c(I)c3)C(=O)NC2=S)cc1. The van der Waals surface area contributed by atoms with Crippen LogP contribution >= 0.6 is 57.4 Å². The summed E-state index contributed by atoms with van der Waals surface area (Å²) in [5, 5.41) is 11.4. The van der Waals surface area contributed by atoms with Crippen molar-refractivity contribution in [2.75, 3.05) is 11.5 Å². The molecule has 2 N–H and O–H groups in total. The predicted octanol–water partition coefficient (Wildman–Crippen LogP) is 3.75. The number of anilines is 1. The standard InChI is InChI=1S/C21H16I2N2O5S/c1-2-11-3-5-13(6-4-11)25-20(29)14(19(28)24-21(25)31)7-12-8-15(22)18(16(23)9-12)30-10-17(26)27/h3-9H,2,10H2,1H3,(H,26,27)(H,24,28,31). The molecule has 2 aromatic rings. The summed E-state index contributed by atoms with van der Waals surface area (Å²) in [7, 11) is 0. The van der Waals surface area contributed by atoms with Crippen LogP contribution in [0.4, 0.5) is 5.69 Å². The van der Waals surface area contributed by atoms with E-state index in [0.29, 0.717) is 24.1 Å². The molecule has 1 saturated heterocycles. The minimum Gasteiger partial charge on any atom is -0.480 e. The number of amides is 2. The third kappa shape index (κ3) is 5.41. The quantitative estimate of drug-likeness (QED) is 0.212. The first-order valence-corrected chi connectivity index (χ1v) is 11.6. The number of benzene rings is 2. The van der Waals surface area contributed by atoms with Crippen LogP contribution in [0.15, 0.2) is 42.0 Å². The molecule has 0 unspecified atom stereocenters. The number of nitrogens with zero attached hydrogens (tertiary/aromatic N) is 1. The number of rotatable bonds is 6. The van der Waals surface area contributed by atoms with Gasteiger partial charge in [-0.25, -0.2) is 4.79 Å². The molecule has 0 aliphatic carbocycles. The Bertz CT molecular complexity index is 1090. The number of carboxylic acids is 1. The zero-order valence-electron chi connectivity index (χ0n) is 16.1. The molecule has 31 heavy (non-hydrogen) atoms. The lowest BCUT2D eigenvalue weighted by molar-refractivity contribution is -0.139. The Morgan fingerprint density at radius 3 is 2.35 bits per heavy atom. The Morgan fingerprint density at radius 1 is 1.19 bits per heavy atom. The Labute approximate surface area is 211 Å². The van der Waals surface area contributed by atoms with E-state index in [-0.39, 0.29) is 10.7 Å². The fraction of sp³-hybridized carbons (Fsp3) is 0.143. The zero-order chi connectivity index (χ0) is 22.7. The van der Waals surface area contributed by atoms with Crippen molar-refractivity contribution in [2.45, 2.75) is 13.3 Å². The number of ether oxygens (including phenoxy) is 1. The van der Waals surface area contributed by atoms with Crippen LogP contribution < -0.4 is 15.0 Å². The molecule has 0 bridgehead atoms. The van der Waals surface area contributed by atoms with Gasteiger partial charge in [0.1, 0.15) is 11.3 Å². The fourth-order valence-corrected chi connectivity index (χ4v) is 5.28. The Morgan fingerprint density at radius 2 is 1.81 bits per heavy atom. The molecule has 3 rings (SSSR count). The van der Waals surface area contributed by atoms with Gasteiger partial charge in [0.05, 0.1) is 12.8 Å². The van der Waals surface area contributed by atoms with Crippen molar-refractivity contribution in [3.8, 4) is 5.75 Å². The molecule has 7 nitrogen and oxygen atoms in total. The van der Waals surface area contributed by atoms with Crippen LogP contribution in [0.2, 0.25) is 0 Å². The number of carbonyl (C=O) groups excluding carboxylic acids is 2. The van der Waals surface area contributed by atoms with E-state index in [1.165, 1.54) is 11.0 Å². The van der Waals surface area contributed by atoms with Gasteiger partial charge in [-0.2, -0.15) is 0 Å². The highest BCUT2D eigenvalue weighted by Gasteiger charge is 2.34. The minimum absolute atomic E-state index is 0.0259. The largest absolute Gasteiger partial charge is 0.480 e. The monoisotopic (exact) mass is 662 g/mol. The third-order valence-electron chi connectivity index (χ3n) is 4.38. The number of carboxylic acid groups (broad SMARTS) is 1. The number of hydrogen-bond acceptors (Lipinski definition) is 5. The van der Waals surface area contributed by atoms with Gasteiger partial charge in [-0.3, -0.25) is 19.8 Å². The Balaban J connectivity index is 1.95. The second kappa shape index (κ2) is 10.0. The van der Waals surface area contributed by atoms with E-state index in [9.17, 15) is 14.4 Å².